The Morgan fingerprint density at radius 3 is 2.34 bits per heavy atom. The molecule has 0 fully saturated rings. The lowest BCUT2D eigenvalue weighted by Crippen LogP contribution is -2.33. The first-order chi connectivity index (χ1) is 14.9. The molecule has 0 nitrogen and oxygen atoms in total. The van der Waals surface area contributed by atoms with Gasteiger partial charge >= 0.3 is 0 Å². The molecule has 182 valence electrons. The topological polar surface area (TPSA) is 0 Å². The third-order valence-corrected chi connectivity index (χ3v) is 8.14. The summed E-state index contributed by atoms with van der Waals surface area (Å²) in [4.78, 5) is 0. The van der Waals surface area contributed by atoms with E-state index in [1.165, 1.54) is 12.5 Å². The van der Waals surface area contributed by atoms with Crippen LogP contribution in [0.3, 0.4) is 0 Å². The van der Waals surface area contributed by atoms with Crippen LogP contribution in [0.15, 0.2) is 24.8 Å². The second-order valence-corrected chi connectivity index (χ2v) is 12.3. The average molecular weight is 447 g/mol. The van der Waals surface area contributed by atoms with Crippen molar-refractivity contribution in [1.29, 1.82) is 0 Å². The van der Waals surface area contributed by atoms with Gasteiger partial charge in [-0.25, -0.2) is 8.78 Å². The van der Waals surface area contributed by atoms with Crippen molar-refractivity contribution in [3.05, 3.63) is 24.8 Å². The third-order valence-electron chi connectivity index (χ3n) is 8.14. The van der Waals surface area contributed by atoms with E-state index >= 15 is 8.78 Å². The van der Waals surface area contributed by atoms with Crippen LogP contribution in [0, 0.1) is 34.5 Å². The van der Waals surface area contributed by atoms with E-state index < -0.39 is 11.3 Å². The van der Waals surface area contributed by atoms with Gasteiger partial charge in [-0.2, -0.15) is 0 Å². The predicted octanol–water partition coefficient (Wildman–Crippen LogP) is 9.55. The van der Waals surface area contributed by atoms with Gasteiger partial charge in [0.1, 0.15) is 5.67 Å². The zero-order valence-corrected chi connectivity index (χ0v) is 21.5. The minimum atomic E-state index is -1.55. The summed E-state index contributed by atoms with van der Waals surface area (Å²) < 4.78 is 30.8. The minimum absolute atomic E-state index is 0.0611. The molecular formula is C30H48F2. The zero-order valence-electron chi connectivity index (χ0n) is 21.5. The van der Waals surface area contributed by atoms with Crippen LogP contribution in [-0.2, 0) is 0 Å². The quantitative estimate of drug-likeness (QED) is 0.244. The van der Waals surface area contributed by atoms with E-state index in [1.54, 1.807) is 6.92 Å². The first-order valence-corrected chi connectivity index (χ1v) is 13.1. The molecule has 0 saturated carbocycles. The fourth-order valence-corrected chi connectivity index (χ4v) is 5.51. The molecule has 0 aromatic rings. The SMILES string of the molecule is C=CC1(F)C#CCCCCC1CCC(C)(C)CCC(C)(C)CC1CCCC/C=C\C1(C)F. The molecule has 2 heteroatoms. The number of alkyl halides is 2. The summed E-state index contributed by atoms with van der Waals surface area (Å²) in [5.41, 5.74) is -2.53. The van der Waals surface area contributed by atoms with Crippen LogP contribution in [0.1, 0.15) is 118 Å². The van der Waals surface area contributed by atoms with Gasteiger partial charge in [0.15, 0.2) is 5.67 Å². The van der Waals surface area contributed by atoms with Gasteiger partial charge in [0.2, 0.25) is 0 Å². The van der Waals surface area contributed by atoms with Crippen LogP contribution < -0.4 is 0 Å². The van der Waals surface area contributed by atoms with Gasteiger partial charge in [-0.3, -0.25) is 0 Å². The summed E-state index contributed by atoms with van der Waals surface area (Å²) in [6.07, 6.45) is 18.3. The monoisotopic (exact) mass is 446 g/mol. The Kier molecular flexibility index (Phi) is 9.63. The van der Waals surface area contributed by atoms with Crippen LogP contribution in [0.2, 0.25) is 0 Å². The molecule has 0 amide bonds. The maximum atomic E-state index is 15.4. The van der Waals surface area contributed by atoms with Crippen LogP contribution in [-0.4, -0.2) is 11.3 Å². The molecule has 4 atom stereocenters. The highest BCUT2D eigenvalue weighted by Crippen LogP contribution is 2.44. The summed E-state index contributed by atoms with van der Waals surface area (Å²) in [6, 6.07) is 0. The van der Waals surface area contributed by atoms with Crippen molar-refractivity contribution in [2.24, 2.45) is 22.7 Å². The van der Waals surface area contributed by atoms with E-state index in [0.717, 1.165) is 77.0 Å². The van der Waals surface area contributed by atoms with Gasteiger partial charge in [0.05, 0.1) is 0 Å². The Morgan fingerprint density at radius 2 is 1.62 bits per heavy atom. The van der Waals surface area contributed by atoms with Crippen molar-refractivity contribution in [3.63, 3.8) is 0 Å². The molecule has 4 unspecified atom stereocenters. The summed E-state index contributed by atoms with van der Waals surface area (Å²) in [7, 11) is 0. The van der Waals surface area contributed by atoms with E-state index in [2.05, 4.69) is 46.1 Å². The molecule has 0 spiro atoms. The predicted molar refractivity (Wildman–Crippen MR) is 135 cm³/mol. The summed E-state index contributed by atoms with van der Waals surface area (Å²) >= 11 is 0. The maximum Gasteiger partial charge on any atom is 0.191 e. The average Bonchev–Trinajstić information content (AvgIpc) is 2.70. The summed E-state index contributed by atoms with van der Waals surface area (Å²) in [6.45, 7) is 14.7. The Bertz CT molecular complexity index is 687. The van der Waals surface area contributed by atoms with Gasteiger partial charge in [-0.05, 0) is 94.0 Å². The van der Waals surface area contributed by atoms with Crippen LogP contribution in [0.4, 0.5) is 8.78 Å². The van der Waals surface area contributed by atoms with E-state index in [9.17, 15) is 0 Å². The Morgan fingerprint density at radius 1 is 0.969 bits per heavy atom. The zero-order chi connectivity index (χ0) is 23.9. The molecule has 2 rings (SSSR count). The minimum Gasteiger partial charge on any atom is -0.239 e. The van der Waals surface area contributed by atoms with Crippen molar-refractivity contribution < 1.29 is 8.78 Å². The highest BCUT2D eigenvalue weighted by molar-refractivity contribution is 5.24. The highest BCUT2D eigenvalue weighted by Gasteiger charge is 2.38. The largest absolute Gasteiger partial charge is 0.239 e. The van der Waals surface area contributed by atoms with Gasteiger partial charge in [0.25, 0.3) is 0 Å². The number of hydrogen-bond donors (Lipinski definition) is 0. The van der Waals surface area contributed by atoms with Gasteiger partial charge in [-0.15, -0.1) is 0 Å². The lowest BCUT2D eigenvalue weighted by atomic mass is 9.68. The fraction of sp³-hybridized carbons (Fsp3) is 0.800. The standard InChI is InChI=1S/C30H48F2/c1-7-30(32)20-15-11-9-12-16-25(30)18-21-27(2,3)22-23-28(4,5)24-26-17-13-8-10-14-19-29(26,6)31/h7,14,19,25-26H,1,8-13,16-18,21-24H2,2-6H3/b19-14-. The summed E-state index contributed by atoms with van der Waals surface area (Å²) in [5.74, 6) is 5.93. The summed E-state index contributed by atoms with van der Waals surface area (Å²) in [5, 5.41) is 0. The van der Waals surface area contributed by atoms with Crippen molar-refractivity contribution in [2.45, 2.75) is 129 Å². The number of hydrogen-bond acceptors (Lipinski definition) is 0. The molecule has 0 bridgehead atoms. The Balaban J connectivity index is 1.94. The Labute approximate surface area is 197 Å². The highest BCUT2D eigenvalue weighted by atomic mass is 19.1. The third kappa shape index (κ3) is 8.35. The molecular weight excluding hydrogens is 398 g/mol. The van der Waals surface area contributed by atoms with E-state index in [1.807, 2.05) is 12.2 Å². The molecule has 0 saturated heterocycles. The van der Waals surface area contributed by atoms with Gasteiger partial charge in [-0.1, -0.05) is 71.1 Å². The van der Waals surface area contributed by atoms with Crippen molar-refractivity contribution in [1.82, 2.24) is 0 Å². The number of halogens is 2. The lowest BCUT2D eigenvalue weighted by Gasteiger charge is -2.38. The number of allylic oxidation sites excluding steroid dienone is 3. The van der Waals surface area contributed by atoms with Crippen molar-refractivity contribution >= 4 is 0 Å². The molecule has 0 aromatic carbocycles. The van der Waals surface area contributed by atoms with Crippen molar-refractivity contribution in [2.75, 3.05) is 0 Å². The van der Waals surface area contributed by atoms with Crippen LogP contribution in [0.5, 0.6) is 0 Å². The second kappa shape index (κ2) is 11.4. The first-order valence-electron chi connectivity index (χ1n) is 13.1. The first kappa shape index (κ1) is 27.1. The maximum absolute atomic E-state index is 15.4. The van der Waals surface area contributed by atoms with Crippen LogP contribution >= 0.6 is 0 Å². The number of rotatable bonds is 9. The lowest BCUT2D eigenvalue weighted by molar-refractivity contribution is 0.0870. The molecule has 0 radical (unpaired) electrons. The second-order valence-electron chi connectivity index (χ2n) is 12.3. The van der Waals surface area contributed by atoms with Crippen molar-refractivity contribution in [3.8, 4) is 11.8 Å². The van der Waals surface area contributed by atoms with E-state index in [0.29, 0.717) is 0 Å². The molecule has 2 aliphatic carbocycles. The molecule has 0 N–H and O–H groups in total. The molecule has 2 aliphatic rings. The molecule has 32 heavy (non-hydrogen) atoms. The smallest absolute Gasteiger partial charge is 0.191 e. The fourth-order valence-electron chi connectivity index (χ4n) is 5.51. The molecule has 0 aromatic heterocycles. The normalized spacial score (nSPS) is 33.1. The van der Waals surface area contributed by atoms with Gasteiger partial charge in [0, 0.05) is 12.3 Å². The van der Waals surface area contributed by atoms with E-state index in [4.69, 9.17) is 0 Å². The van der Waals surface area contributed by atoms with Crippen LogP contribution in [0.25, 0.3) is 0 Å². The van der Waals surface area contributed by atoms with Gasteiger partial charge < -0.3 is 0 Å². The Hall–Kier alpha value is -1.10. The molecule has 0 aliphatic heterocycles. The molecule has 0 heterocycles. The van der Waals surface area contributed by atoms with E-state index in [-0.39, 0.29) is 22.7 Å².